The molecule has 1 aliphatic rings. The Bertz CT molecular complexity index is 519. The van der Waals surface area contributed by atoms with Crippen LogP contribution in [0.4, 0.5) is 0 Å². The van der Waals surface area contributed by atoms with Gasteiger partial charge < -0.3 is 15.5 Å². The van der Waals surface area contributed by atoms with E-state index in [1.807, 2.05) is 24.3 Å². The first-order chi connectivity index (χ1) is 11.1. The van der Waals surface area contributed by atoms with Gasteiger partial charge in [0.2, 0.25) is 0 Å². The fourth-order valence-electron chi connectivity index (χ4n) is 2.68. The SMILES string of the molecule is CCNC(=NCc1cccc(Cl)c1)NCC1CN(C)CCN1C. The minimum atomic E-state index is 0.503. The molecule has 0 spiro atoms. The zero-order valence-corrected chi connectivity index (χ0v) is 15.1. The van der Waals surface area contributed by atoms with Gasteiger partial charge in [-0.3, -0.25) is 4.90 Å². The first-order valence-electron chi connectivity index (χ1n) is 8.24. The van der Waals surface area contributed by atoms with Gasteiger partial charge in [0.25, 0.3) is 0 Å². The molecule has 1 saturated heterocycles. The molecular formula is C17H28ClN5. The van der Waals surface area contributed by atoms with Crippen molar-refractivity contribution in [1.82, 2.24) is 20.4 Å². The van der Waals surface area contributed by atoms with Crippen molar-refractivity contribution in [3.8, 4) is 0 Å². The highest BCUT2D eigenvalue weighted by Gasteiger charge is 2.21. The van der Waals surface area contributed by atoms with E-state index in [1.54, 1.807) is 0 Å². The predicted octanol–water partition coefficient (Wildman–Crippen LogP) is 1.64. The number of aliphatic imine (C=N–C) groups is 1. The summed E-state index contributed by atoms with van der Waals surface area (Å²) in [6.45, 7) is 7.77. The summed E-state index contributed by atoms with van der Waals surface area (Å²) in [4.78, 5) is 9.44. The molecule has 2 rings (SSSR count). The maximum atomic E-state index is 6.02. The van der Waals surface area contributed by atoms with Gasteiger partial charge in [-0.15, -0.1) is 0 Å². The Kier molecular flexibility index (Phi) is 7.15. The van der Waals surface area contributed by atoms with Crippen molar-refractivity contribution in [3.63, 3.8) is 0 Å². The average molecular weight is 338 g/mol. The minimum absolute atomic E-state index is 0.503. The van der Waals surface area contributed by atoms with Crippen LogP contribution in [0.2, 0.25) is 5.02 Å². The zero-order chi connectivity index (χ0) is 16.7. The summed E-state index contributed by atoms with van der Waals surface area (Å²) in [5.41, 5.74) is 1.12. The summed E-state index contributed by atoms with van der Waals surface area (Å²) >= 11 is 6.02. The molecule has 1 atom stereocenters. The molecule has 1 heterocycles. The Balaban J connectivity index is 1.91. The first-order valence-corrected chi connectivity index (χ1v) is 8.61. The van der Waals surface area contributed by atoms with E-state index in [-0.39, 0.29) is 0 Å². The number of nitrogens with one attached hydrogen (secondary N) is 2. The smallest absolute Gasteiger partial charge is 0.191 e. The Hall–Kier alpha value is -1.30. The Morgan fingerprint density at radius 2 is 2.13 bits per heavy atom. The largest absolute Gasteiger partial charge is 0.357 e. The summed E-state index contributed by atoms with van der Waals surface area (Å²) in [5.74, 6) is 0.856. The monoisotopic (exact) mass is 337 g/mol. The van der Waals surface area contributed by atoms with Crippen LogP contribution < -0.4 is 10.6 Å². The molecule has 1 aromatic carbocycles. The number of hydrogen-bond acceptors (Lipinski definition) is 3. The molecule has 6 heteroatoms. The lowest BCUT2D eigenvalue weighted by molar-refractivity contribution is 0.116. The quantitative estimate of drug-likeness (QED) is 0.633. The van der Waals surface area contributed by atoms with Crippen molar-refractivity contribution < 1.29 is 0 Å². The number of nitrogens with zero attached hydrogens (tertiary/aromatic N) is 3. The topological polar surface area (TPSA) is 42.9 Å². The second kappa shape index (κ2) is 9.11. The fourth-order valence-corrected chi connectivity index (χ4v) is 2.90. The van der Waals surface area contributed by atoms with Crippen LogP contribution in [-0.2, 0) is 6.54 Å². The standard InChI is InChI=1S/C17H28ClN5/c1-4-19-17(20-11-14-6-5-7-15(18)10-14)21-12-16-13-22(2)8-9-23(16)3/h5-7,10,16H,4,8-9,11-13H2,1-3H3,(H2,19,20,21). The van der Waals surface area contributed by atoms with Crippen LogP contribution in [0.3, 0.4) is 0 Å². The van der Waals surface area contributed by atoms with E-state index in [0.717, 1.165) is 49.3 Å². The van der Waals surface area contributed by atoms with Crippen LogP contribution in [0.15, 0.2) is 29.3 Å². The van der Waals surface area contributed by atoms with E-state index >= 15 is 0 Å². The average Bonchev–Trinajstić information content (AvgIpc) is 2.53. The molecule has 0 radical (unpaired) electrons. The third-order valence-corrected chi connectivity index (χ3v) is 4.37. The third-order valence-electron chi connectivity index (χ3n) is 4.14. The molecular weight excluding hydrogens is 310 g/mol. The molecule has 0 aliphatic carbocycles. The lowest BCUT2D eigenvalue weighted by atomic mass is 10.2. The van der Waals surface area contributed by atoms with Gasteiger partial charge in [0.05, 0.1) is 6.54 Å². The molecule has 128 valence electrons. The highest BCUT2D eigenvalue weighted by atomic mass is 35.5. The summed E-state index contributed by atoms with van der Waals surface area (Å²) < 4.78 is 0. The number of likely N-dealkylation sites (N-methyl/N-ethyl adjacent to an activating group) is 2. The number of benzene rings is 1. The molecule has 5 nitrogen and oxygen atoms in total. The summed E-state index contributed by atoms with van der Waals surface area (Å²) in [6, 6.07) is 8.35. The van der Waals surface area contributed by atoms with Crippen molar-refractivity contribution in [2.24, 2.45) is 4.99 Å². The molecule has 1 aromatic rings. The molecule has 0 aromatic heterocycles. The van der Waals surface area contributed by atoms with E-state index in [9.17, 15) is 0 Å². The van der Waals surface area contributed by atoms with Gasteiger partial charge in [-0.1, -0.05) is 23.7 Å². The van der Waals surface area contributed by atoms with Crippen molar-refractivity contribution in [2.45, 2.75) is 19.5 Å². The minimum Gasteiger partial charge on any atom is -0.357 e. The first kappa shape index (κ1) is 18.0. The van der Waals surface area contributed by atoms with E-state index in [0.29, 0.717) is 12.6 Å². The number of piperazine rings is 1. The Morgan fingerprint density at radius 3 is 2.87 bits per heavy atom. The number of rotatable bonds is 5. The van der Waals surface area contributed by atoms with Crippen molar-refractivity contribution in [1.29, 1.82) is 0 Å². The van der Waals surface area contributed by atoms with Crippen molar-refractivity contribution in [2.75, 3.05) is 46.8 Å². The van der Waals surface area contributed by atoms with Gasteiger partial charge >= 0.3 is 0 Å². The Morgan fingerprint density at radius 1 is 1.30 bits per heavy atom. The zero-order valence-electron chi connectivity index (χ0n) is 14.3. The number of hydrogen-bond donors (Lipinski definition) is 2. The van der Waals surface area contributed by atoms with Gasteiger partial charge in [-0.2, -0.15) is 0 Å². The van der Waals surface area contributed by atoms with Gasteiger partial charge in [0.15, 0.2) is 5.96 Å². The normalized spacial score (nSPS) is 20.5. The van der Waals surface area contributed by atoms with Crippen LogP contribution >= 0.6 is 11.6 Å². The lowest BCUT2D eigenvalue weighted by Crippen LogP contribution is -2.55. The van der Waals surface area contributed by atoms with E-state index in [2.05, 4.69) is 46.4 Å². The van der Waals surface area contributed by atoms with Crippen LogP contribution in [0, 0.1) is 0 Å². The molecule has 0 bridgehead atoms. The third kappa shape index (κ3) is 6.01. The van der Waals surface area contributed by atoms with Gasteiger partial charge in [0.1, 0.15) is 0 Å². The fraction of sp³-hybridized carbons (Fsp3) is 0.588. The summed E-state index contributed by atoms with van der Waals surface area (Å²) in [7, 11) is 4.37. The van der Waals surface area contributed by atoms with Crippen LogP contribution in [0.1, 0.15) is 12.5 Å². The molecule has 1 fully saturated rings. The van der Waals surface area contributed by atoms with E-state index < -0.39 is 0 Å². The molecule has 23 heavy (non-hydrogen) atoms. The predicted molar refractivity (Wildman–Crippen MR) is 98.2 cm³/mol. The maximum absolute atomic E-state index is 6.02. The lowest BCUT2D eigenvalue weighted by Gasteiger charge is -2.37. The van der Waals surface area contributed by atoms with Gasteiger partial charge in [-0.05, 0) is 38.7 Å². The van der Waals surface area contributed by atoms with Crippen molar-refractivity contribution in [3.05, 3.63) is 34.9 Å². The van der Waals surface area contributed by atoms with E-state index in [4.69, 9.17) is 11.6 Å². The van der Waals surface area contributed by atoms with Crippen LogP contribution in [0.25, 0.3) is 0 Å². The highest BCUT2D eigenvalue weighted by Crippen LogP contribution is 2.11. The summed E-state index contributed by atoms with van der Waals surface area (Å²) in [6.07, 6.45) is 0. The van der Waals surface area contributed by atoms with Gasteiger partial charge in [-0.25, -0.2) is 4.99 Å². The van der Waals surface area contributed by atoms with Crippen molar-refractivity contribution >= 4 is 17.6 Å². The second-order valence-electron chi connectivity index (χ2n) is 6.10. The second-order valence-corrected chi connectivity index (χ2v) is 6.54. The maximum Gasteiger partial charge on any atom is 0.191 e. The Labute approximate surface area is 144 Å². The molecule has 0 amide bonds. The summed E-state index contributed by atoms with van der Waals surface area (Å²) in [5, 5.41) is 7.52. The number of guanidine groups is 1. The molecule has 2 N–H and O–H groups in total. The highest BCUT2D eigenvalue weighted by molar-refractivity contribution is 6.30. The van der Waals surface area contributed by atoms with Crippen LogP contribution in [-0.4, -0.2) is 68.6 Å². The van der Waals surface area contributed by atoms with Crippen LogP contribution in [0.5, 0.6) is 0 Å². The molecule has 1 unspecified atom stereocenters. The van der Waals surface area contributed by atoms with Gasteiger partial charge in [0, 0.05) is 43.8 Å². The molecule has 0 saturated carbocycles. The number of halogens is 1. The molecule has 1 aliphatic heterocycles. The van der Waals surface area contributed by atoms with E-state index in [1.165, 1.54) is 0 Å².